The van der Waals surface area contributed by atoms with Crippen molar-refractivity contribution in [1.29, 1.82) is 5.26 Å². The van der Waals surface area contributed by atoms with E-state index in [0.717, 1.165) is 12.1 Å². The van der Waals surface area contributed by atoms with Crippen LogP contribution >= 0.6 is 0 Å². The van der Waals surface area contributed by atoms with Gasteiger partial charge in [-0.15, -0.1) is 0 Å². The summed E-state index contributed by atoms with van der Waals surface area (Å²) in [5.74, 6) is -0.478. The van der Waals surface area contributed by atoms with Crippen molar-refractivity contribution >= 4 is 15.7 Å². The summed E-state index contributed by atoms with van der Waals surface area (Å²) in [7, 11) is -2.53. The molecule has 0 saturated carbocycles. The maximum atomic E-state index is 12.9. The molecule has 7 heteroatoms. The lowest BCUT2D eigenvalue weighted by atomic mass is 10.3. The fraction of sp³-hybridized carbons (Fsp3) is 0.364. The van der Waals surface area contributed by atoms with Crippen LogP contribution in [0.3, 0.4) is 0 Å². The standard InChI is InChI=1S/C11H13FN2O3S/c1-3-9(7-13)18(15,16)14-10-5-4-8(12)6-11(10)17-2/h4-6,9,14H,3H2,1-2H3. The number of methoxy groups -OCH3 is 1. The van der Waals surface area contributed by atoms with Crippen LogP contribution in [0.4, 0.5) is 10.1 Å². The van der Waals surface area contributed by atoms with E-state index >= 15 is 0 Å². The first-order valence-electron chi connectivity index (χ1n) is 5.19. The second-order valence-electron chi connectivity index (χ2n) is 3.52. The monoisotopic (exact) mass is 272 g/mol. The van der Waals surface area contributed by atoms with Crippen molar-refractivity contribution < 1.29 is 17.5 Å². The maximum Gasteiger partial charge on any atom is 0.249 e. The van der Waals surface area contributed by atoms with Gasteiger partial charge in [0.15, 0.2) is 5.25 Å². The van der Waals surface area contributed by atoms with Gasteiger partial charge in [0.1, 0.15) is 11.6 Å². The number of ether oxygens (including phenoxy) is 1. The molecule has 0 heterocycles. The zero-order chi connectivity index (χ0) is 13.8. The molecule has 1 aromatic rings. The van der Waals surface area contributed by atoms with Gasteiger partial charge in [0.2, 0.25) is 10.0 Å². The topological polar surface area (TPSA) is 79.2 Å². The summed E-state index contributed by atoms with van der Waals surface area (Å²) in [5, 5.41) is 7.59. The summed E-state index contributed by atoms with van der Waals surface area (Å²) in [6, 6.07) is 5.11. The van der Waals surface area contributed by atoms with Crippen molar-refractivity contribution in [2.45, 2.75) is 18.6 Å². The summed E-state index contributed by atoms with van der Waals surface area (Å²) in [5.41, 5.74) is 0.104. The second kappa shape index (κ2) is 5.69. The van der Waals surface area contributed by atoms with Crippen LogP contribution in [-0.2, 0) is 10.0 Å². The number of hydrogen-bond acceptors (Lipinski definition) is 4. The first-order chi connectivity index (χ1) is 8.44. The Labute approximate surface area is 105 Å². The Kier molecular flexibility index (Phi) is 4.50. The average Bonchev–Trinajstić information content (AvgIpc) is 2.32. The van der Waals surface area contributed by atoms with E-state index in [0.29, 0.717) is 0 Å². The molecular formula is C11H13FN2O3S. The smallest absolute Gasteiger partial charge is 0.249 e. The van der Waals surface area contributed by atoms with Crippen LogP contribution in [0, 0.1) is 17.1 Å². The van der Waals surface area contributed by atoms with Crippen molar-refractivity contribution in [2.75, 3.05) is 11.8 Å². The predicted molar refractivity (Wildman–Crippen MR) is 65.2 cm³/mol. The zero-order valence-corrected chi connectivity index (χ0v) is 10.8. The van der Waals surface area contributed by atoms with Crippen molar-refractivity contribution in [3.63, 3.8) is 0 Å². The van der Waals surface area contributed by atoms with E-state index in [1.54, 1.807) is 13.0 Å². The number of halogens is 1. The number of anilines is 1. The van der Waals surface area contributed by atoms with E-state index in [2.05, 4.69) is 4.72 Å². The summed E-state index contributed by atoms with van der Waals surface area (Å²) in [6.45, 7) is 1.59. The molecule has 0 amide bonds. The highest BCUT2D eigenvalue weighted by Crippen LogP contribution is 2.26. The van der Waals surface area contributed by atoms with Gasteiger partial charge in [-0.25, -0.2) is 12.8 Å². The molecule has 0 radical (unpaired) electrons. The SMILES string of the molecule is CCC(C#N)S(=O)(=O)Nc1ccc(F)cc1OC. The number of benzene rings is 1. The van der Waals surface area contributed by atoms with Gasteiger partial charge in [0.05, 0.1) is 18.9 Å². The van der Waals surface area contributed by atoms with E-state index in [-0.39, 0.29) is 17.9 Å². The van der Waals surface area contributed by atoms with Gasteiger partial charge >= 0.3 is 0 Å². The highest BCUT2D eigenvalue weighted by Gasteiger charge is 2.24. The zero-order valence-electron chi connectivity index (χ0n) is 9.97. The number of nitriles is 1. The van der Waals surface area contributed by atoms with E-state index < -0.39 is 21.1 Å². The Bertz CT molecular complexity index is 566. The van der Waals surface area contributed by atoms with Gasteiger partial charge < -0.3 is 4.74 Å². The Balaban J connectivity index is 3.09. The van der Waals surface area contributed by atoms with Crippen LogP contribution in [0.25, 0.3) is 0 Å². The normalized spacial score (nSPS) is 12.6. The fourth-order valence-electron chi connectivity index (χ4n) is 1.35. The third kappa shape index (κ3) is 3.11. The molecule has 18 heavy (non-hydrogen) atoms. The van der Waals surface area contributed by atoms with Gasteiger partial charge in [0, 0.05) is 6.07 Å². The molecule has 1 aromatic carbocycles. The lowest BCUT2D eigenvalue weighted by Gasteiger charge is -2.13. The number of nitrogens with zero attached hydrogens (tertiary/aromatic N) is 1. The molecule has 1 rings (SSSR count). The van der Waals surface area contributed by atoms with Crippen LogP contribution in [0.5, 0.6) is 5.75 Å². The Morgan fingerprint density at radius 2 is 2.22 bits per heavy atom. The average molecular weight is 272 g/mol. The number of rotatable bonds is 5. The lowest BCUT2D eigenvalue weighted by Crippen LogP contribution is -2.26. The van der Waals surface area contributed by atoms with E-state index in [1.807, 2.05) is 0 Å². The maximum absolute atomic E-state index is 12.9. The van der Waals surface area contributed by atoms with E-state index in [9.17, 15) is 12.8 Å². The van der Waals surface area contributed by atoms with Gasteiger partial charge in [-0.3, -0.25) is 4.72 Å². The third-order valence-corrected chi connectivity index (χ3v) is 4.00. The molecule has 0 aliphatic heterocycles. The molecule has 0 aliphatic rings. The summed E-state index contributed by atoms with van der Waals surface area (Å²) in [4.78, 5) is 0. The molecule has 0 saturated heterocycles. The summed E-state index contributed by atoms with van der Waals surface area (Å²) < 4.78 is 43.7. The van der Waals surface area contributed by atoms with Crippen molar-refractivity contribution in [3.05, 3.63) is 24.0 Å². The van der Waals surface area contributed by atoms with Gasteiger partial charge in [-0.1, -0.05) is 6.92 Å². The van der Waals surface area contributed by atoms with Crippen LogP contribution in [0.1, 0.15) is 13.3 Å². The van der Waals surface area contributed by atoms with Crippen LogP contribution in [0.2, 0.25) is 0 Å². The molecule has 0 aromatic heterocycles. The van der Waals surface area contributed by atoms with Crippen molar-refractivity contribution in [3.8, 4) is 11.8 Å². The molecule has 0 fully saturated rings. The molecular weight excluding hydrogens is 259 g/mol. The molecule has 0 bridgehead atoms. The quantitative estimate of drug-likeness (QED) is 0.887. The van der Waals surface area contributed by atoms with Crippen LogP contribution in [-0.4, -0.2) is 20.8 Å². The van der Waals surface area contributed by atoms with E-state index in [1.165, 1.54) is 13.2 Å². The third-order valence-electron chi connectivity index (χ3n) is 2.31. The number of sulfonamides is 1. The second-order valence-corrected chi connectivity index (χ2v) is 5.38. The minimum atomic E-state index is -3.83. The highest BCUT2D eigenvalue weighted by atomic mass is 32.2. The van der Waals surface area contributed by atoms with Gasteiger partial charge in [0.25, 0.3) is 0 Å². The van der Waals surface area contributed by atoms with Crippen molar-refractivity contribution in [2.24, 2.45) is 0 Å². The van der Waals surface area contributed by atoms with Crippen LogP contribution in [0.15, 0.2) is 18.2 Å². The first kappa shape index (κ1) is 14.3. The first-order valence-corrected chi connectivity index (χ1v) is 6.74. The van der Waals surface area contributed by atoms with Gasteiger partial charge in [-0.2, -0.15) is 5.26 Å². The minimum Gasteiger partial charge on any atom is -0.494 e. The molecule has 1 N–H and O–H groups in total. The van der Waals surface area contributed by atoms with Gasteiger partial charge in [-0.05, 0) is 18.6 Å². The summed E-state index contributed by atoms with van der Waals surface area (Å²) >= 11 is 0. The molecule has 5 nitrogen and oxygen atoms in total. The Morgan fingerprint density at radius 1 is 1.56 bits per heavy atom. The van der Waals surface area contributed by atoms with Crippen LogP contribution < -0.4 is 9.46 Å². The molecule has 1 atom stereocenters. The Morgan fingerprint density at radius 3 is 2.72 bits per heavy atom. The highest BCUT2D eigenvalue weighted by molar-refractivity contribution is 7.93. The largest absolute Gasteiger partial charge is 0.494 e. The number of hydrogen-bond donors (Lipinski definition) is 1. The fourth-order valence-corrected chi connectivity index (χ4v) is 2.55. The minimum absolute atomic E-state index is 0.0615. The summed E-state index contributed by atoms with van der Waals surface area (Å²) in [6.07, 6.45) is 0.162. The lowest BCUT2D eigenvalue weighted by molar-refractivity contribution is 0.413. The van der Waals surface area contributed by atoms with Crippen molar-refractivity contribution in [1.82, 2.24) is 0 Å². The predicted octanol–water partition coefficient (Wildman–Crippen LogP) is 1.88. The Hall–Kier alpha value is -1.81. The van der Waals surface area contributed by atoms with E-state index in [4.69, 9.17) is 10.00 Å². The molecule has 0 aliphatic carbocycles. The molecule has 98 valence electrons. The molecule has 1 unspecified atom stereocenters. The molecule has 0 spiro atoms. The number of nitrogens with one attached hydrogen (secondary N) is 1.